The smallest absolute Gasteiger partial charge is 0.419 e. The number of nitrogens with one attached hydrogen (secondary N) is 2. The molecular weight excluding hydrogens is 385 g/mol. The number of hydrogen-bond donors (Lipinski definition) is 2. The maximum absolute atomic E-state index is 14.3. The van der Waals surface area contributed by atoms with Gasteiger partial charge in [-0.15, -0.1) is 10.2 Å². The molecule has 4 aromatic rings. The van der Waals surface area contributed by atoms with E-state index in [1.807, 2.05) is 0 Å². The van der Waals surface area contributed by atoms with Crippen LogP contribution >= 0.6 is 0 Å². The quantitative estimate of drug-likeness (QED) is 0.497. The van der Waals surface area contributed by atoms with Gasteiger partial charge in [-0.1, -0.05) is 0 Å². The van der Waals surface area contributed by atoms with Gasteiger partial charge in [0.2, 0.25) is 5.82 Å². The molecule has 6 nitrogen and oxygen atoms in total. The number of H-pyrrole nitrogens is 1. The number of halogens is 5. The summed E-state index contributed by atoms with van der Waals surface area (Å²) in [6.07, 6.45) is -4.83. The minimum atomic E-state index is -4.83. The Bertz CT molecular complexity index is 1140. The molecular formula is C17H10F5N5O. The zero-order valence-electron chi connectivity index (χ0n) is 13.8. The number of aromatic nitrogens is 4. The molecule has 0 spiro atoms. The number of fused-ring (bicyclic) bond motifs is 1. The van der Waals surface area contributed by atoms with Gasteiger partial charge in [-0.05, 0) is 41.6 Å². The third-order valence-corrected chi connectivity index (χ3v) is 4.01. The van der Waals surface area contributed by atoms with Gasteiger partial charge in [-0.2, -0.15) is 18.4 Å². The van der Waals surface area contributed by atoms with E-state index in [4.69, 9.17) is 4.42 Å². The molecule has 0 saturated heterocycles. The zero-order chi connectivity index (χ0) is 19.9. The van der Waals surface area contributed by atoms with E-state index in [1.165, 1.54) is 18.2 Å². The molecule has 0 atom stereocenters. The Kier molecular flexibility index (Phi) is 4.21. The van der Waals surface area contributed by atoms with Gasteiger partial charge in [-0.25, -0.2) is 8.78 Å². The molecule has 0 amide bonds. The number of benzene rings is 2. The summed E-state index contributed by atoms with van der Waals surface area (Å²) >= 11 is 0. The standard InChI is InChI=1S/C17H10F5N5O/c18-12-2-1-10(6-11(12)17(20,21)22)23-7-9-5-14-8(3-13(9)19)4-15(28-14)16-24-26-27-25-16/h1-6,23H,7H2,(H,24,25,26,27). The van der Waals surface area contributed by atoms with Gasteiger partial charge < -0.3 is 9.73 Å². The van der Waals surface area contributed by atoms with Crippen molar-refractivity contribution in [2.75, 3.05) is 5.32 Å². The van der Waals surface area contributed by atoms with Crippen molar-refractivity contribution in [2.45, 2.75) is 12.7 Å². The van der Waals surface area contributed by atoms with E-state index in [-0.39, 0.29) is 29.4 Å². The van der Waals surface area contributed by atoms with Crippen LogP contribution in [0.2, 0.25) is 0 Å². The van der Waals surface area contributed by atoms with Crippen LogP contribution in [0.1, 0.15) is 11.1 Å². The topological polar surface area (TPSA) is 79.6 Å². The minimum Gasteiger partial charge on any atom is -0.453 e. The van der Waals surface area contributed by atoms with Crippen molar-refractivity contribution < 1.29 is 26.4 Å². The van der Waals surface area contributed by atoms with E-state index < -0.39 is 23.4 Å². The van der Waals surface area contributed by atoms with Crippen LogP contribution < -0.4 is 5.32 Å². The Morgan fingerprint density at radius 1 is 1.04 bits per heavy atom. The molecule has 0 unspecified atom stereocenters. The fourth-order valence-electron chi connectivity index (χ4n) is 2.66. The molecule has 4 rings (SSSR count). The highest BCUT2D eigenvalue weighted by molar-refractivity contribution is 5.82. The molecule has 0 bridgehead atoms. The predicted molar refractivity (Wildman–Crippen MR) is 88.1 cm³/mol. The number of aromatic amines is 1. The van der Waals surface area contributed by atoms with E-state index in [0.29, 0.717) is 23.1 Å². The Balaban J connectivity index is 1.59. The van der Waals surface area contributed by atoms with Crippen molar-refractivity contribution >= 4 is 16.7 Å². The van der Waals surface area contributed by atoms with Crippen LogP contribution in [0.5, 0.6) is 0 Å². The Hall–Kier alpha value is -3.50. The van der Waals surface area contributed by atoms with Crippen LogP contribution in [0.3, 0.4) is 0 Å². The maximum atomic E-state index is 14.3. The van der Waals surface area contributed by atoms with Crippen LogP contribution in [0, 0.1) is 11.6 Å². The van der Waals surface area contributed by atoms with Crippen molar-refractivity contribution in [1.29, 1.82) is 0 Å². The summed E-state index contributed by atoms with van der Waals surface area (Å²) in [6, 6.07) is 6.65. The molecule has 0 aliphatic heterocycles. The van der Waals surface area contributed by atoms with E-state index in [2.05, 4.69) is 25.9 Å². The molecule has 0 saturated carbocycles. The highest BCUT2D eigenvalue weighted by Crippen LogP contribution is 2.33. The molecule has 144 valence electrons. The Morgan fingerprint density at radius 3 is 2.57 bits per heavy atom. The van der Waals surface area contributed by atoms with Crippen molar-refractivity contribution in [3.8, 4) is 11.6 Å². The van der Waals surface area contributed by atoms with E-state index in [1.54, 1.807) is 0 Å². The second-order valence-electron chi connectivity index (χ2n) is 5.87. The van der Waals surface area contributed by atoms with Gasteiger partial charge in [0.05, 0.1) is 5.56 Å². The first kappa shape index (κ1) is 17.9. The molecule has 11 heteroatoms. The van der Waals surface area contributed by atoms with Crippen molar-refractivity contribution in [3.05, 3.63) is 59.2 Å². The van der Waals surface area contributed by atoms with Gasteiger partial charge in [0.25, 0.3) is 0 Å². The van der Waals surface area contributed by atoms with E-state index >= 15 is 0 Å². The van der Waals surface area contributed by atoms with Gasteiger partial charge in [0.1, 0.15) is 17.2 Å². The van der Waals surface area contributed by atoms with E-state index in [0.717, 1.165) is 6.07 Å². The minimum absolute atomic E-state index is 0.000142. The van der Waals surface area contributed by atoms with Crippen LogP contribution in [0.15, 0.2) is 40.8 Å². The first-order valence-corrected chi connectivity index (χ1v) is 7.87. The van der Waals surface area contributed by atoms with Crippen LogP contribution in [0.4, 0.5) is 27.6 Å². The largest absolute Gasteiger partial charge is 0.453 e. The summed E-state index contributed by atoms with van der Waals surface area (Å²) in [5.41, 5.74) is -0.906. The number of tetrazole rings is 1. The third kappa shape index (κ3) is 3.38. The molecule has 2 N–H and O–H groups in total. The lowest BCUT2D eigenvalue weighted by atomic mass is 10.1. The Labute approximate surface area is 153 Å². The van der Waals surface area contributed by atoms with Gasteiger partial charge in [0, 0.05) is 23.2 Å². The van der Waals surface area contributed by atoms with Crippen molar-refractivity contribution in [3.63, 3.8) is 0 Å². The number of rotatable bonds is 4. The van der Waals surface area contributed by atoms with Crippen LogP contribution in [-0.2, 0) is 12.7 Å². The molecule has 2 heterocycles. The fraction of sp³-hybridized carbons (Fsp3) is 0.118. The van der Waals surface area contributed by atoms with Gasteiger partial charge in [-0.3, -0.25) is 0 Å². The second kappa shape index (κ2) is 6.59. The van der Waals surface area contributed by atoms with Crippen molar-refractivity contribution in [1.82, 2.24) is 20.6 Å². The normalized spacial score (nSPS) is 11.9. The van der Waals surface area contributed by atoms with Gasteiger partial charge >= 0.3 is 6.18 Å². The number of furan rings is 1. The summed E-state index contributed by atoms with van der Waals surface area (Å²) in [7, 11) is 0. The highest BCUT2D eigenvalue weighted by atomic mass is 19.4. The molecule has 0 aliphatic rings. The molecule has 0 radical (unpaired) electrons. The summed E-state index contributed by atoms with van der Waals surface area (Å²) < 4.78 is 71.6. The number of nitrogens with zero attached hydrogens (tertiary/aromatic N) is 3. The average Bonchev–Trinajstić information content (AvgIpc) is 3.29. The second-order valence-corrected chi connectivity index (χ2v) is 5.87. The van der Waals surface area contributed by atoms with E-state index in [9.17, 15) is 22.0 Å². The lowest BCUT2D eigenvalue weighted by Crippen LogP contribution is -2.09. The third-order valence-electron chi connectivity index (χ3n) is 4.01. The first-order valence-electron chi connectivity index (χ1n) is 7.87. The Morgan fingerprint density at radius 2 is 1.86 bits per heavy atom. The molecule has 28 heavy (non-hydrogen) atoms. The van der Waals surface area contributed by atoms with Crippen molar-refractivity contribution in [2.24, 2.45) is 0 Å². The molecule has 0 fully saturated rings. The monoisotopic (exact) mass is 395 g/mol. The van der Waals surface area contributed by atoms with Gasteiger partial charge in [0.15, 0.2) is 5.76 Å². The number of alkyl halides is 3. The number of anilines is 1. The lowest BCUT2D eigenvalue weighted by Gasteiger charge is -2.12. The summed E-state index contributed by atoms with van der Waals surface area (Å²) in [5.74, 6) is -1.49. The highest BCUT2D eigenvalue weighted by Gasteiger charge is 2.34. The lowest BCUT2D eigenvalue weighted by molar-refractivity contribution is -0.139. The zero-order valence-corrected chi connectivity index (χ0v) is 13.8. The fourth-order valence-corrected chi connectivity index (χ4v) is 2.66. The SMILES string of the molecule is Fc1cc2cc(-c3nn[nH]n3)oc2cc1CNc1ccc(F)c(C(F)(F)F)c1. The summed E-state index contributed by atoms with van der Waals surface area (Å²) in [4.78, 5) is 0. The molecule has 0 aliphatic carbocycles. The van der Waals surface area contributed by atoms with Crippen LogP contribution in [0.25, 0.3) is 22.6 Å². The first-order chi connectivity index (χ1) is 13.3. The molecule has 2 aromatic carbocycles. The summed E-state index contributed by atoms with van der Waals surface area (Å²) in [5, 5.41) is 16.3. The number of hydrogen-bond acceptors (Lipinski definition) is 5. The summed E-state index contributed by atoms with van der Waals surface area (Å²) in [6.45, 7) is -0.136. The van der Waals surface area contributed by atoms with Crippen LogP contribution in [-0.4, -0.2) is 20.6 Å². The molecule has 2 aromatic heterocycles. The maximum Gasteiger partial charge on any atom is 0.419 e. The average molecular weight is 395 g/mol. The predicted octanol–water partition coefficient (Wildman–Crippen LogP) is 4.52.